The summed E-state index contributed by atoms with van der Waals surface area (Å²) in [5.74, 6) is 0.452. The number of para-hydroxylation sites is 1. The number of rotatable bonds is 6. The maximum atomic E-state index is 12.7. The molecule has 0 radical (unpaired) electrons. The predicted molar refractivity (Wildman–Crippen MR) is 116 cm³/mol. The number of carbonyl (C=O) groups is 1. The SMILES string of the molecule is CC(C)[C@@H](C)NC(=O)CN1CCN(c2cnn(-c3ccccc3)c(=O)c2Cl)CC1. The Bertz CT molecular complexity index is 892. The summed E-state index contributed by atoms with van der Waals surface area (Å²) in [5, 5.41) is 7.51. The van der Waals surface area contributed by atoms with Gasteiger partial charge in [0.15, 0.2) is 0 Å². The summed E-state index contributed by atoms with van der Waals surface area (Å²) in [4.78, 5) is 29.1. The van der Waals surface area contributed by atoms with Crippen molar-refractivity contribution in [2.45, 2.75) is 26.8 Å². The molecule has 0 saturated carbocycles. The molecule has 7 nitrogen and oxygen atoms in total. The largest absolute Gasteiger partial charge is 0.366 e. The maximum absolute atomic E-state index is 12.7. The lowest BCUT2D eigenvalue weighted by Crippen LogP contribution is -2.51. The highest BCUT2D eigenvalue weighted by Gasteiger charge is 2.23. The molecule has 1 N–H and O–H groups in total. The molecule has 2 aromatic rings. The van der Waals surface area contributed by atoms with Crippen LogP contribution >= 0.6 is 11.6 Å². The number of halogens is 1. The van der Waals surface area contributed by atoms with Crippen LogP contribution in [0.4, 0.5) is 5.69 Å². The fourth-order valence-electron chi connectivity index (χ4n) is 3.21. The molecule has 0 spiro atoms. The van der Waals surface area contributed by atoms with E-state index in [0.29, 0.717) is 36.9 Å². The third kappa shape index (κ3) is 5.16. The maximum Gasteiger partial charge on any atom is 0.292 e. The average molecular weight is 418 g/mol. The Kier molecular flexibility index (Phi) is 6.92. The van der Waals surface area contributed by atoms with Gasteiger partial charge in [0.1, 0.15) is 5.02 Å². The molecule has 1 atom stereocenters. The van der Waals surface area contributed by atoms with Gasteiger partial charge in [-0.15, -0.1) is 0 Å². The third-order valence-electron chi connectivity index (χ3n) is 5.37. The van der Waals surface area contributed by atoms with Crippen molar-refractivity contribution < 1.29 is 4.79 Å². The van der Waals surface area contributed by atoms with Crippen molar-refractivity contribution in [2.24, 2.45) is 5.92 Å². The second-order valence-electron chi connectivity index (χ2n) is 7.76. The Morgan fingerprint density at radius 1 is 1.14 bits per heavy atom. The van der Waals surface area contributed by atoms with Gasteiger partial charge < -0.3 is 10.2 Å². The van der Waals surface area contributed by atoms with Gasteiger partial charge in [-0.25, -0.2) is 0 Å². The van der Waals surface area contributed by atoms with Crippen molar-refractivity contribution in [2.75, 3.05) is 37.6 Å². The Balaban J connectivity index is 1.62. The summed E-state index contributed by atoms with van der Waals surface area (Å²) >= 11 is 6.40. The van der Waals surface area contributed by atoms with E-state index in [9.17, 15) is 9.59 Å². The van der Waals surface area contributed by atoms with Gasteiger partial charge in [0.25, 0.3) is 5.56 Å². The highest BCUT2D eigenvalue weighted by molar-refractivity contribution is 6.33. The van der Waals surface area contributed by atoms with Gasteiger partial charge in [0.05, 0.1) is 24.1 Å². The number of amides is 1. The average Bonchev–Trinajstić information content (AvgIpc) is 2.71. The van der Waals surface area contributed by atoms with Gasteiger partial charge in [0.2, 0.25) is 5.91 Å². The Labute approximate surface area is 176 Å². The van der Waals surface area contributed by atoms with Crippen LogP contribution in [0, 0.1) is 5.92 Å². The molecule has 29 heavy (non-hydrogen) atoms. The number of hydrogen-bond acceptors (Lipinski definition) is 5. The van der Waals surface area contributed by atoms with Crippen LogP contribution in [0.2, 0.25) is 5.02 Å². The quantitative estimate of drug-likeness (QED) is 0.780. The zero-order valence-corrected chi connectivity index (χ0v) is 17.9. The lowest BCUT2D eigenvalue weighted by molar-refractivity contribution is -0.123. The first kappa shape index (κ1) is 21.3. The predicted octanol–water partition coefficient (Wildman–Crippen LogP) is 2.17. The minimum atomic E-state index is -0.333. The lowest BCUT2D eigenvalue weighted by Gasteiger charge is -2.36. The number of piperazine rings is 1. The van der Waals surface area contributed by atoms with Gasteiger partial charge in [-0.3, -0.25) is 14.5 Å². The fraction of sp³-hybridized carbons (Fsp3) is 0.476. The van der Waals surface area contributed by atoms with Crippen LogP contribution in [0.1, 0.15) is 20.8 Å². The molecule has 0 bridgehead atoms. The smallest absolute Gasteiger partial charge is 0.292 e. The number of nitrogens with one attached hydrogen (secondary N) is 1. The molecule has 3 rings (SSSR count). The first-order chi connectivity index (χ1) is 13.9. The van der Waals surface area contributed by atoms with Crippen molar-refractivity contribution in [1.82, 2.24) is 20.0 Å². The Morgan fingerprint density at radius 3 is 2.41 bits per heavy atom. The first-order valence-corrected chi connectivity index (χ1v) is 10.3. The van der Waals surface area contributed by atoms with Crippen LogP contribution in [0.15, 0.2) is 41.3 Å². The van der Waals surface area contributed by atoms with E-state index in [1.807, 2.05) is 37.3 Å². The normalized spacial score (nSPS) is 16.1. The summed E-state index contributed by atoms with van der Waals surface area (Å²) < 4.78 is 1.31. The van der Waals surface area contributed by atoms with E-state index >= 15 is 0 Å². The lowest BCUT2D eigenvalue weighted by atomic mass is 10.1. The number of aromatic nitrogens is 2. The molecule has 1 fully saturated rings. The molecule has 156 valence electrons. The molecular weight excluding hydrogens is 390 g/mol. The summed E-state index contributed by atoms with van der Waals surface area (Å²) in [6.07, 6.45) is 1.64. The molecule has 2 heterocycles. The van der Waals surface area contributed by atoms with Crippen molar-refractivity contribution in [1.29, 1.82) is 0 Å². The molecular formula is C21H28ClN5O2. The zero-order valence-electron chi connectivity index (χ0n) is 17.1. The van der Waals surface area contributed by atoms with Crippen LogP contribution in [-0.4, -0.2) is 59.4 Å². The summed E-state index contributed by atoms with van der Waals surface area (Å²) in [6.45, 7) is 9.40. The van der Waals surface area contributed by atoms with Gasteiger partial charge in [-0.2, -0.15) is 9.78 Å². The van der Waals surface area contributed by atoms with Crippen molar-refractivity contribution in [3.63, 3.8) is 0 Å². The molecule has 8 heteroatoms. The van der Waals surface area contributed by atoms with Crippen LogP contribution < -0.4 is 15.8 Å². The third-order valence-corrected chi connectivity index (χ3v) is 5.73. The van der Waals surface area contributed by atoms with E-state index in [-0.39, 0.29) is 22.5 Å². The minimum absolute atomic E-state index is 0.0461. The highest BCUT2D eigenvalue weighted by atomic mass is 35.5. The van der Waals surface area contributed by atoms with Gasteiger partial charge in [-0.1, -0.05) is 43.6 Å². The van der Waals surface area contributed by atoms with Crippen molar-refractivity contribution in [3.05, 3.63) is 51.9 Å². The fourth-order valence-corrected chi connectivity index (χ4v) is 3.46. The number of hydrogen-bond donors (Lipinski definition) is 1. The summed E-state index contributed by atoms with van der Waals surface area (Å²) in [5.41, 5.74) is 0.985. The van der Waals surface area contributed by atoms with E-state index in [1.165, 1.54) is 4.68 Å². The molecule has 1 aromatic heterocycles. The van der Waals surface area contributed by atoms with Gasteiger partial charge >= 0.3 is 0 Å². The second-order valence-corrected chi connectivity index (χ2v) is 8.14. The van der Waals surface area contributed by atoms with Crippen LogP contribution in [0.25, 0.3) is 5.69 Å². The van der Waals surface area contributed by atoms with Crippen LogP contribution in [0.5, 0.6) is 0 Å². The molecule has 1 aliphatic heterocycles. The van der Waals surface area contributed by atoms with Crippen molar-refractivity contribution in [3.8, 4) is 5.69 Å². The number of benzene rings is 1. The standard InChI is InChI=1S/C21H28ClN5O2/c1-15(2)16(3)24-19(28)14-25-9-11-26(12-10-25)18-13-23-27(21(29)20(18)22)17-7-5-4-6-8-17/h4-8,13,15-16H,9-12,14H2,1-3H3,(H,24,28)/t16-/m1/s1. The molecule has 1 aliphatic rings. The van der Waals surface area contributed by atoms with E-state index in [2.05, 4.69) is 34.1 Å². The first-order valence-electron chi connectivity index (χ1n) is 9.96. The van der Waals surface area contributed by atoms with E-state index in [4.69, 9.17) is 11.6 Å². The number of nitrogens with zero attached hydrogens (tertiary/aromatic N) is 4. The van der Waals surface area contributed by atoms with E-state index < -0.39 is 0 Å². The molecule has 1 saturated heterocycles. The Morgan fingerprint density at radius 2 is 1.79 bits per heavy atom. The monoisotopic (exact) mass is 417 g/mol. The molecule has 0 unspecified atom stereocenters. The van der Waals surface area contributed by atoms with Gasteiger partial charge in [-0.05, 0) is 25.0 Å². The molecule has 1 amide bonds. The highest BCUT2D eigenvalue weighted by Crippen LogP contribution is 2.23. The molecule has 0 aliphatic carbocycles. The van der Waals surface area contributed by atoms with Gasteiger partial charge in [0, 0.05) is 32.2 Å². The number of anilines is 1. The zero-order chi connectivity index (χ0) is 21.0. The minimum Gasteiger partial charge on any atom is -0.366 e. The topological polar surface area (TPSA) is 70.5 Å². The van der Waals surface area contributed by atoms with E-state index in [0.717, 1.165) is 13.1 Å². The second kappa shape index (κ2) is 9.41. The Hall–Kier alpha value is -2.38. The van der Waals surface area contributed by atoms with Crippen molar-refractivity contribution >= 4 is 23.2 Å². The van der Waals surface area contributed by atoms with Crippen LogP contribution in [-0.2, 0) is 4.79 Å². The summed E-state index contributed by atoms with van der Waals surface area (Å²) in [6, 6.07) is 9.37. The van der Waals surface area contributed by atoms with Crippen LogP contribution in [0.3, 0.4) is 0 Å². The summed E-state index contributed by atoms with van der Waals surface area (Å²) in [7, 11) is 0. The van der Waals surface area contributed by atoms with E-state index in [1.54, 1.807) is 6.20 Å². The molecule has 1 aromatic carbocycles. The number of carbonyl (C=O) groups excluding carboxylic acids is 1.